The van der Waals surface area contributed by atoms with Crippen LogP contribution in [0.4, 0.5) is 13.2 Å². The molecule has 0 N–H and O–H groups in total. The lowest BCUT2D eigenvalue weighted by molar-refractivity contribution is -0.137. The molecule has 3 aromatic carbocycles. The molecule has 0 aromatic heterocycles. The van der Waals surface area contributed by atoms with E-state index in [1.165, 1.54) is 25.1 Å². The van der Waals surface area contributed by atoms with Crippen molar-refractivity contribution in [3.05, 3.63) is 87.4 Å². The highest BCUT2D eigenvalue weighted by Gasteiger charge is 2.31. The monoisotopic (exact) mass is 507 g/mol. The maximum absolute atomic E-state index is 12.9. The van der Waals surface area contributed by atoms with Gasteiger partial charge in [0.05, 0.1) is 21.7 Å². The van der Waals surface area contributed by atoms with Crippen LogP contribution in [0.5, 0.6) is 17.2 Å². The van der Waals surface area contributed by atoms with Crippen LogP contribution in [0.25, 0.3) is 0 Å². The second-order valence-corrected chi connectivity index (χ2v) is 8.29. The minimum Gasteiger partial charge on any atom is -0.481 e. The van der Waals surface area contributed by atoms with Gasteiger partial charge in [0.1, 0.15) is 23.2 Å². The molecule has 0 aliphatic carbocycles. The summed E-state index contributed by atoms with van der Waals surface area (Å²) in [5.74, 6) is -1.21. The van der Waals surface area contributed by atoms with Crippen LogP contribution in [0.15, 0.2) is 60.7 Å². The molecule has 3 aromatic rings. The molecule has 9 heteroatoms. The third-order valence-electron chi connectivity index (χ3n) is 4.88. The molecule has 0 saturated heterocycles. The van der Waals surface area contributed by atoms with Crippen molar-refractivity contribution in [3.63, 3.8) is 0 Å². The van der Waals surface area contributed by atoms with Crippen molar-refractivity contribution in [3.8, 4) is 23.3 Å². The van der Waals surface area contributed by atoms with Crippen molar-refractivity contribution in [2.24, 2.45) is 0 Å². The summed E-state index contributed by atoms with van der Waals surface area (Å²) in [6.45, 7) is 3.36. The van der Waals surface area contributed by atoms with Crippen LogP contribution in [0, 0.1) is 18.3 Å². The van der Waals surface area contributed by atoms with Gasteiger partial charge in [0.15, 0.2) is 11.9 Å². The summed E-state index contributed by atoms with van der Waals surface area (Å²) in [7, 11) is 0. The van der Waals surface area contributed by atoms with E-state index >= 15 is 0 Å². The van der Waals surface area contributed by atoms with Gasteiger partial charge in [-0.25, -0.2) is 0 Å². The van der Waals surface area contributed by atoms with E-state index in [-0.39, 0.29) is 27.3 Å². The van der Waals surface area contributed by atoms with Gasteiger partial charge in [-0.05, 0) is 49.7 Å². The number of nitrogens with zero attached hydrogens (tertiary/aromatic N) is 1. The van der Waals surface area contributed by atoms with Crippen LogP contribution in [-0.4, -0.2) is 11.9 Å². The zero-order valence-corrected chi connectivity index (χ0v) is 19.5. The second-order valence-electron chi connectivity index (χ2n) is 7.48. The van der Waals surface area contributed by atoms with Gasteiger partial charge < -0.3 is 9.47 Å². The van der Waals surface area contributed by atoms with Crippen LogP contribution in [0.3, 0.4) is 0 Å². The molecule has 0 aliphatic rings. The Morgan fingerprint density at radius 3 is 2.35 bits per heavy atom. The molecule has 0 saturated carbocycles. The molecule has 0 amide bonds. The van der Waals surface area contributed by atoms with E-state index < -0.39 is 29.5 Å². The first-order chi connectivity index (χ1) is 16.0. The fourth-order valence-electron chi connectivity index (χ4n) is 3.16. The lowest BCUT2D eigenvalue weighted by Crippen LogP contribution is -2.29. The highest BCUT2D eigenvalue weighted by atomic mass is 35.5. The molecule has 176 valence electrons. The number of ether oxygens (including phenoxy) is 2. The molecule has 0 heterocycles. The van der Waals surface area contributed by atoms with E-state index in [2.05, 4.69) is 0 Å². The summed E-state index contributed by atoms with van der Waals surface area (Å²) in [5.41, 5.74) is 0.565. The third-order valence-corrected chi connectivity index (χ3v) is 5.49. The minimum absolute atomic E-state index is 0.00365. The second kappa shape index (κ2) is 10.4. The van der Waals surface area contributed by atoms with Crippen molar-refractivity contribution in [1.29, 1.82) is 5.26 Å². The molecule has 4 nitrogen and oxygen atoms in total. The smallest absolute Gasteiger partial charge is 0.416 e. The van der Waals surface area contributed by atoms with Crippen molar-refractivity contribution in [1.82, 2.24) is 0 Å². The lowest BCUT2D eigenvalue weighted by Gasteiger charge is -2.18. The standard InChI is InChI=1S/C25H18Cl2F3NO3/c1-14-4-3-5-16(10-14)19(13-31)24(32)15(2)33-23-12-18(7-8-20(23)26)34-22-9-6-17(11-21(22)27)25(28,29)30/h3-12,15,19H,1-2H3. The summed E-state index contributed by atoms with van der Waals surface area (Å²) >= 11 is 12.1. The Bertz CT molecular complexity index is 1250. The zero-order chi connectivity index (χ0) is 25.0. The SMILES string of the molecule is Cc1cccc(C(C#N)C(=O)C(C)Oc2cc(Oc3ccc(C(F)(F)F)cc3Cl)ccc2Cl)c1. The normalized spacial score (nSPS) is 13.0. The first-order valence-corrected chi connectivity index (χ1v) is 10.8. The maximum Gasteiger partial charge on any atom is 0.416 e. The number of rotatable bonds is 7. The van der Waals surface area contributed by atoms with E-state index in [4.69, 9.17) is 32.7 Å². The van der Waals surface area contributed by atoms with E-state index in [0.29, 0.717) is 5.56 Å². The fourth-order valence-corrected chi connectivity index (χ4v) is 3.54. The van der Waals surface area contributed by atoms with Gasteiger partial charge in [-0.1, -0.05) is 53.0 Å². The number of hydrogen-bond acceptors (Lipinski definition) is 4. The van der Waals surface area contributed by atoms with Crippen LogP contribution in [0.2, 0.25) is 10.0 Å². The number of halogens is 5. The largest absolute Gasteiger partial charge is 0.481 e. The number of carbonyl (C=O) groups is 1. The third kappa shape index (κ3) is 6.02. The minimum atomic E-state index is -4.54. The maximum atomic E-state index is 12.9. The van der Waals surface area contributed by atoms with Gasteiger partial charge in [0.2, 0.25) is 0 Å². The molecular weight excluding hydrogens is 490 g/mol. The number of ketones is 1. The molecule has 0 fully saturated rings. The molecule has 0 spiro atoms. The molecular formula is C25H18Cl2F3NO3. The Labute approximate surface area is 204 Å². The van der Waals surface area contributed by atoms with Crippen molar-refractivity contribution < 1.29 is 27.4 Å². The molecule has 34 heavy (non-hydrogen) atoms. The van der Waals surface area contributed by atoms with Gasteiger partial charge in [-0.15, -0.1) is 0 Å². The number of aryl methyl sites for hydroxylation is 1. The Hall–Kier alpha value is -3.21. The highest BCUT2D eigenvalue weighted by molar-refractivity contribution is 6.32. The topological polar surface area (TPSA) is 59.3 Å². The predicted molar refractivity (Wildman–Crippen MR) is 123 cm³/mol. The van der Waals surface area contributed by atoms with Gasteiger partial charge in [-0.2, -0.15) is 18.4 Å². The van der Waals surface area contributed by atoms with Gasteiger partial charge in [-0.3, -0.25) is 4.79 Å². The van der Waals surface area contributed by atoms with Gasteiger partial charge >= 0.3 is 6.18 Å². The van der Waals surface area contributed by atoms with Crippen molar-refractivity contribution in [2.75, 3.05) is 0 Å². The molecule has 0 bridgehead atoms. The number of alkyl halides is 3. The van der Waals surface area contributed by atoms with Crippen LogP contribution in [-0.2, 0) is 11.0 Å². The van der Waals surface area contributed by atoms with Crippen molar-refractivity contribution in [2.45, 2.75) is 32.0 Å². The summed E-state index contributed by atoms with van der Waals surface area (Å²) in [6.07, 6.45) is -5.56. The van der Waals surface area contributed by atoms with Crippen LogP contribution in [0.1, 0.15) is 29.5 Å². The summed E-state index contributed by atoms with van der Waals surface area (Å²) in [6, 6.07) is 16.1. The van der Waals surface area contributed by atoms with Gasteiger partial charge in [0, 0.05) is 6.07 Å². The summed E-state index contributed by atoms with van der Waals surface area (Å²) in [4.78, 5) is 12.9. The summed E-state index contributed by atoms with van der Waals surface area (Å²) in [5, 5.41) is 9.50. The Kier molecular flexibility index (Phi) is 7.75. The average molecular weight is 508 g/mol. The van der Waals surface area contributed by atoms with E-state index in [1.54, 1.807) is 18.2 Å². The molecule has 0 radical (unpaired) electrons. The van der Waals surface area contributed by atoms with Gasteiger partial charge in [0.25, 0.3) is 0 Å². The Morgan fingerprint density at radius 2 is 1.74 bits per heavy atom. The molecule has 0 aliphatic heterocycles. The fraction of sp³-hybridized carbons (Fsp3) is 0.200. The van der Waals surface area contributed by atoms with Crippen molar-refractivity contribution >= 4 is 29.0 Å². The number of hydrogen-bond donors (Lipinski definition) is 0. The highest BCUT2D eigenvalue weighted by Crippen LogP contribution is 2.38. The number of benzene rings is 3. The van der Waals surface area contributed by atoms with Crippen LogP contribution >= 0.6 is 23.2 Å². The van der Waals surface area contributed by atoms with Crippen LogP contribution < -0.4 is 9.47 Å². The summed E-state index contributed by atoms with van der Waals surface area (Å²) < 4.78 is 49.8. The predicted octanol–water partition coefficient (Wildman–Crippen LogP) is 7.76. The van der Waals surface area contributed by atoms with E-state index in [0.717, 1.165) is 23.8 Å². The Morgan fingerprint density at radius 1 is 1.00 bits per heavy atom. The first-order valence-electron chi connectivity index (χ1n) is 10.0. The molecule has 2 unspecified atom stereocenters. The lowest BCUT2D eigenvalue weighted by atomic mass is 9.92. The van der Waals surface area contributed by atoms with E-state index in [1.807, 2.05) is 19.1 Å². The number of Topliss-reactive ketones (excluding diaryl/α,β-unsaturated/α-hetero) is 1. The Balaban J connectivity index is 1.79. The molecule has 3 rings (SSSR count). The first kappa shape index (κ1) is 25.4. The average Bonchev–Trinajstić information content (AvgIpc) is 2.77. The quantitative estimate of drug-likeness (QED) is 0.327. The van der Waals surface area contributed by atoms with E-state index in [9.17, 15) is 23.2 Å². The number of carbonyl (C=O) groups excluding carboxylic acids is 1. The number of nitriles is 1. The zero-order valence-electron chi connectivity index (χ0n) is 18.0. The molecule has 2 atom stereocenters.